The molecule has 0 saturated heterocycles. The molecule has 1 heterocycles. The first-order chi connectivity index (χ1) is 12.5. The van der Waals surface area contributed by atoms with E-state index in [1.807, 2.05) is 55.5 Å². The molecule has 7 heteroatoms. The summed E-state index contributed by atoms with van der Waals surface area (Å²) in [6.45, 7) is 2.00. The van der Waals surface area contributed by atoms with Gasteiger partial charge in [0.25, 0.3) is 0 Å². The minimum atomic E-state index is -0.116. The Balaban J connectivity index is 1.48. The van der Waals surface area contributed by atoms with Crippen LogP contribution in [0.2, 0.25) is 0 Å². The molecule has 26 heavy (non-hydrogen) atoms. The van der Waals surface area contributed by atoms with Crippen molar-refractivity contribution in [3.05, 3.63) is 54.1 Å². The van der Waals surface area contributed by atoms with Crippen LogP contribution < -0.4 is 10.2 Å². The summed E-state index contributed by atoms with van der Waals surface area (Å²) in [7, 11) is 1.72. The van der Waals surface area contributed by atoms with Gasteiger partial charge in [0, 0.05) is 12.7 Å². The van der Waals surface area contributed by atoms with E-state index >= 15 is 0 Å². The maximum Gasteiger partial charge on any atom is 0.238 e. The number of thioether (sulfide) groups is 1. The molecule has 1 aromatic heterocycles. The molecule has 0 bridgehead atoms. The third kappa shape index (κ3) is 4.62. The van der Waals surface area contributed by atoms with E-state index in [9.17, 15) is 9.59 Å². The first kappa shape index (κ1) is 18.4. The Morgan fingerprint density at radius 2 is 1.85 bits per heavy atom. The third-order valence-electron chi connectivity index (χ3n) is 3.74. The number of aryl methyl sites for hydroxylation is 1. The Labute approximate surface area is 160 Å². The highest BCUT2D eigenvalue weighted by Gasteiger charge is 2.16. The predicted octanol–water partition coefficient (Wildman–Crippen LogP) is 3.94. The second kappa shape index (κ2) is 8.33. The van der Waals surface area contributed by atoms with Gasteiger partial charge in [-0.3, -0.25) is 14.5 Å². The number of carbonyl (C=O) groups is 2. The second-order valence-corrected chi connectivity index (χ2v) is 7.82. The SMILES string of the molecule is Cc1ccc(NC(=O)CSCC(=O)N(C)c2nc3ccccc3s2)cc1. The van der Waals surface area contributed by atoms with Crippen molar-refractivity contribution in [3.8, 4) is 0 Å². The number of benzene rings is 2. The number of anilines is 2. The first-order valence-electron chi connectivity index (χ1n) is 8.09. The number of fused-ring (bicyclic) bond motifs is 1. The predicted molar refractivity (Wildman–Crippen MR) is 110 cm³/mol. The van der Waals surface area contributed by atoms with E-state index < -0.39 is 0 Å². The highest BCUT2D eigenvalue weighted by atomic mass is 32.2. The van der Waals surface area contributed by atoms with Gasteiger partial charge >= 0.3 is 0 Å². The molecule has 1 N–H and O–H groups in total. The molecule has 0 aliphatic rings. The van der Waals surface area contributed by atoms with Gasteiger partial charge in [0.05, 0.1) is 21.7 Å². The molecular formula is C19H19N3O2S2. The van der Waals surface area contributed by atoms with Crippen LogP contribution in [0.3, 0.4) is 0 Å². The minimum Gasteiger partial charge on any atom is -0.325 e. The van der Waals surface area contributed by atoms with Crippen LogP contribution >= 0.6 is 23.1 Å². The normalized spacial score (nSPS) is 10.7. The summed E-state index contributed by atoms with van der Waals surface area (Å²) in [5, 5.41) is 3.49. The summed E-state index contributed by atoms with van der Waals surface area (Å²) in [5.74, 6) is 0.271. The Morgan fingerprint density at radius 1 is 1.12 bits per heavy atom. The van der Waals surface area contributed by atoms with E-state index in [4.69, 9.17) is 0 Å². The van der Waals surface area contributed by atoms with E-state index in [2.05, 4.69) is 10.3 Å². The molecule has 0 radical (unpaired) electrons. The van der Waals surface area contributed by atoms with Crippen LogP contribution in [0, 0.1) is 6.92 Å². The van der Waals surface area contributed by atoms with Gasteiger partial charge < -0.3 is 5.32 Å². The number of carbonyl (C=O) groups excluding carboxylic acids is 2. The van der Waals surface area contributed by atoms with Gasteiger partial charge in [-0.15, -0.1) is 11.8 Å². The van der Waals surface area contributed by atoms with E-state index in [1.165, 1.54) is 23.1 Å². The lowest BCUT2D eigenvalue weighted by atomic mass is 10.2. The van der Waals surface area contributed by atoms with Crippen LogP contribution in [0.25, 0.3) is 10.2 Å². The molecule has 3 aromatic rings. The first-order valence-corrected chi connectivity index (χ1v) is 10.1. The number of amides is 2. The second-order valence-electron chi connectivity index (χ2n) is 5.82. The molecule has 0 aliphatic heterocycles. The van der Waals surface area contributed by atoms with Gasteiger partial charge in [-0.2, -0.15) is 0 Å². The van der Waals surface area contributed by atoms with Crippen LogP contribution in [0.1, 0.15) is 5.56 Å². The van der Waals surface area contributed by atoms with E-state index in [1.54, 1.807) is 11.9 Å². The molecule has 2 amide bonds. The van der Waals surface area contributed by atoms with E-state index in [-0.39, 0.29) is 23.3 Å². The molecule has 0 aliphatic carbocycles. The van der Waals surface area contributed by atoms with Crippen molar-refractivity contribution in [1.29, 1.82) is 0 Å². The van der Waals surface area contributed by atoms with Gasteiger partial charge in [-0.05, 0) is 31.2 Å². The molecule has 0 spiro atoms. The fourth-order valence-corrected chi connectivity index (χ4v) is 3.94. The Kier molecular flexibility index (Phi) is 5.90. The van der Waals surface area contributed by atoms with Crippen molar-refractivity contribution in [2.75, 3.05) is 28.8 Å². The number of para-hydroxylation sites is 1. The highest BCUT2D eigenvalue weighted by molar-refractivity contribution is 8.00. The van der Waals surface area contributed by atoms with Crippen molar-refractivity contribution in [3.63, 3.8) is 0 Å². The molecule has 0 saturated carbocycles. The molecular weight excluding hydrogens is 366 g/mol. The number of nitrogens with zero attached hydrogens (tertiary/aromatic N) is 2. The van der Waals surface area contributed by atoms with E-state index in [0.717, 1.165) is 21.5 Å². The van der Waals surface area contributed by atoms with Crippen molar-refractivity contribution in [2.24, 2.45) is 0 Å². The average Bonchev–Trinajstić information content (AvgIpc) is 3.07. The van der Waals surface area contributed by atoms with Gasteiger partial charge in [0.15, 0.2) is 5.13 Å². The topological polar surface area (TPSA) is 62.3 Å². The Hall–Kier alpha value is -2.38. The van der Waals surface area contributed by atoms with E-state index in [0.29, 0.717) is 5.13 Å². The summed E-state index contributed by atoms with van der Waals surface area (Å²) >= 11 is 2.78. The number of thiazole rings is 1. The maximum atomic E-state index is 12.3. The van der Waals surface area contributed by atoms with Crippen molar-refractivity contribution >= 4 is 55.9 Å². The van der Waals surface area contributed by atoms with Gasteiger partial charge in [0.1, 0.15) is 0 Å². The number of nitrogens with one attached hydrogen (secondary N) is 1. The van der Waals surface area contributed by atoms with Gasteiger partial charge in [0.2, 0.25) is 11.8 Å². The lowest BCUT2D eigenvalue weighted by molar-refractivity contribution is -0.115. The molecule has 5 nitrogen and oxygen atoms in total. The summed E-state index contributed by atoms with van der Waals surface area (Å²) < 4.78 is 1.05. The Morgan fingerprint density at radius 3 is 2.58 bits per heavy atom. The third-order valence-corrected chi connectivity index (χ3v) is 5.77. The molecule has 0 fully saturated rings. The molecule has 0 unspecified atom stereocenters. The zero-order valence-corrected chi connectivity index (χ0v) is 16.2. The quantitative estimate of drug-likeness (QED) is 0.698. The smallest absolute Gasteiger partial charge is 0.238 e. The monoisotopic (exact) mass is 385 g/mol. The van der Waals surface area contributed by atoms with Crippen molar-refractivity contribution in [1.82, 2.24) is 4.98 Å². The fourth-order valence-electron chi connectivity index (χ4n) is 2.27. The summed E-state index contributed by atoms with van der Waals surface area (Å²) in [5.41, 5.74) is 2.79. The zero-order valence-electron chi connectivity index (χ0n) is 14.6. The lowest BCUT2D eigenvalue weighted by Crippen LogP contribution is -2.28. The lowest BCUT2D eigenvalue weighted by Gasteiger charge is -2.13. The van der Waals surface area contributed by atoms with Gasteiger partial charge in [-0.1, -0.05) is 41.2 Å². The highest BCUT2D eigenvalue weighted by Crippen LogP contribution is 2.28. The summed E-state index contributed by atoms with van der Waals surface area (Å²) in [6.07, 6.45) is 0. The van der Waals surface area contributed by atoms with Crippen molar-refractivity contribution < 1.29 is 9.59 Å². The van der Waals surface area contributed by atoms with Gasteiger partial charge in [-0.25, -0.2) is 4.98 Å². The average molecular weight is 386 g/mol. The van der Waals surface area contributed by atoms with Crippen LogP contribution in [0.15, 0.2) is 48.5 Å². The largest absolute Gasteiger partial charge is 0.325 e. The number of rotatable bonds is 6. The number of hydrogen-bond donors (Lipinski definition) is 1. The van der Waals surface area contributed by atoms with Crippen LogP contribution in [0.4, 0.5) is 10.8 Å². The zero-order chi connectivity index (χ0) is 18.5. The molecule has 3 rings (SSSR count). The number of hydrogen-bond acceptors (Lipinski definition) is 5. The minimum absolute atomic E-state index is 0.0720. The standard InChI is InChI=1S/C19H19N3O2S2/c1-13-7-9-14(10-8-13)20-17(23)11-25-12-18(24)22(2)19-21-15-5-3-4-6-16(15)26-19/h3-10H,11-12H2,1-2H3,(H,20,23). The number of aromatic nitrogens is 1. The van der Waals surface area contributed by atoms with Crippen molar-refractivity contribution in [2.45, 2.75) is 6.92 Å². The van der Waals surface area contributed by atoms with Crippen LogP contribution in [-0.4, -0.2) is 35.4 Å². The summed E-state index contributed by atoms with van der Waals surface area (Å²) in [4.78, 5) is 30.3. The molecule has 2 aromatic carbocycles. The fraction of sp³-hybridized carbons (Fsp3) is 0.211. The molecule has 0 atom stereocenters. The maximum absolute atomic E-state index is 12.3. The molecule has 134 valence electrons. The summed E-state index contributed by atoms with van der Waals surface area (Å²) in [6, 6.07) is 15.4. The van der Waals surface area contributed by atoms with Crippen LogP contribution in [0.5, 0.6) is 0 Å². The van der Waals surface area contributed by atoms with Crippen LogP contribution in [-0.2, 0) is 9.59 Å². The Bertz CT molecular complexity index is 889.